The Morgan fingerprint density at radius 2 is 2.33 bits per heavy atom. The zero-order valence-corrected chi connectivity index (χ0v) is 6.01. The maximum atomic E-state index is 10.6. The van der Waals surface area contributed by atoms with Gasteiger partial charge in [0.1, 0.15) is 0 Å². The van der Waals surface area contributed by atoms with Crippen LogP contribution in [0.3, 0.4) is 0 Å². The van der Waals surface area contributed by atoms with Gasteiger partial charge in [0.25, 0.3) is 6.33 Å². The fourth-order valence-corrected chi connectivity index (χ4v) is 0.823. The highest BCUT2D eigenvalue weighted by atomic mass is 16.5. The number of H-pyrrole nitrogens is 1. The van der Waals surface area contributed by atoms with E-state index in [-0.39, 0.29) is 0 Å². The van der Waals surface area contributed by atoms with Crippen molar-refractivity contribution in [3.8, 4) is 11.4 Å². The van der Waals surface area contributed by atoms with Gasteiger partial charge in [-0.15, -0.1) is 5.10 Å². The van der Waals surface area contributed by atoms with Gasteiger partial charge < -0.3 is 5.21 Å². The van der Waals surface area contributed by atoms with Crippen LogP contribution in [0.1, 0.15) is 0 Å². The molecule has 1 N–H and O–H groups in total. The van der Waals surface area contributed by atoms with Crippen molar-refractivity contribution in [2.45, 2.75) is 0 Å². The minimum atomic E-state index is 0.615. The number of aromatic nitrogens is 5. The smallest absolute Gasteiger partial charge is 0.289 e. The molecular weight excluding hydrogens is 158 g/mol. The van der Waals surface area contributed by atoms with E-state index in [1.807, 2.05) is 0 Å². The Hall–Kier alpha value is -1.98. The quantitative estimate of drug-likeness (QED) is 0.454. The summed E-state index contributed by atoms with van der Waals surface area (Å²) in [6.45, 7) is 0. The van der Waals surface area contributed by atoms with Gasteiger partial charge in [-0.05, 0) is 4.98 Å². The molecule has 60 valence electrons. The number of rotatable bonds is 1. The van der Waals surface area contributed by atoms with Crippen molar-refractivity contribution < 1.29 is 4.73 Å². The van der Waals surface area contributed by atoms with Crippen LogP contribution in [0.2, 0.25) is 0 Å². The summed E-state index contributed by atoms with van der Waals surface area (Å²) in [6, 6.07) is 1.57. The molecule has 0 fully saturated rings. The molecule has 0 unspecified atom stereocenters. The number of aromatic amines is 1. The van der Waals surface area contributed by atoms with Gasteiger partial charge in [0.05, 0.1) is 12.4 Å². The van der Waals surface area contributed by atoms with E-state index >= 15 is 0 Å². The summed E-state index contributed by atoms with van der Waals surface area (Å²) in [7, 11) is 0. The fourth-order valence-electron chi connectivity index (χ4n) is 0.823. The third-order valence-electron chi connectivity index (χ3n) is 1.37. The maximum absolute atomic E-state index is 10.6. The van der Waals surface area contributed by atoms with Crippen LogP contribution in [0.15, 0.2) is 24.8 Å². The molecule has 0 bridgehead atoms. The molecule has 0 aromatic carbocycles. The molecule has 0 radical (unpaired) electrons. The average Bonchev–Trinajstić information content (AvgIpc) is 2.58. The molecule has 0 saturated carbocycles. The molecule has 2 aromatic heterocycles. The van der Waals surface area contributed by atoms with Crippen molar-refractivity contribution in [2.24, 2.45) is 0 Å². The third-order valence-corrected chi connectivity index (χ3v) is 1.37. The highest BCUT2D eigenvalue weighted by Gasteiger charge is 2.06. The first kappa shape index (κ1) is 6.71. The second-order valence-corrected chi connectivity index (χ2v) is 2.16. The van der Waals surface area contributed by atoms with Gasteiger partial charge in [0, 0.05) is 6.07 Å². The van der Waals surface area contributed by atoms with Gasteiger partial charge in [0.2, 0.25) is 5.69 Å². The molecule has 0 saturated heterocycles. The molecular formula is C6H5N5O. The van der Waals surface area contributed by atoms with Crippen LogP contribution in [-0.2, 0) is 0 Å². The molecule has 0 aliphatic rings. The van der Waals surface area contributed by atoms with Crippen LogP contribution in [-0.4, -0.2) is 20.4 Å². The molecule has 0 aliphatic heterocycles. The summed E-state index contributed by atoms with van der Waals surface area (Å²) in [5, 5.41) is 20.4. The van der Waals surface area contributed by atoms with Gasteiger partial charge in [-0.3, -0.25) is 5.10 Å². The van der Waals surface area contributed by atoms with Gasteiger partial charge in [0.15, 0.2) is 5.69 Å². The van der Waals surface area contributed by atoms with Gasteiger partial charge in [-0.2, -0.15) is 0 Å². The molecule has 0 aliphatic carbocycles. The predicted octanol–water partition coefficient (Wildman–Crippen LogP) is -0.500. The van der Waals surface area contributed by atoms with Crippen LogP contribution in [0.5, 0.6) is 0 Å². The number of nitrogens with zero attached hydrogens (tertiary/aromatic N) is 4. The summed E-state index contributed by atoms with van der Waals surface area (Å²) in [5.41, 5.74) is 1.24. The SMILES string of the molecule is [O-][n+]1ccc(-c2c[nH]nn2)nc1. The Morgan fingerprint density at radius 1 is 1.42 bits per heavy atom. The number of hydrogen-bond donors (Lipinski definition) is 1. The lowest BCUT2D eigenvalue weighted by Gasteiger charge is -1.95. The van der Waals surface area contributed by atoms with Gasteiger partial charge in [-0.1, -0.05) is 5.21 Å². The monoisotopic (exact) mass is 163 g/mol. The van der Waals surface area contributed by atoms with E-state index in [0.717, 1.165) is 0 Å². The first-order valence-corrected chi connectivity index (χ1v) is 3.28. The van der Waals surface area contributed by atoms with E-state index in [1.54, 1.807) is 12.3 Å². The lowest BCUT2D eigenvalue weighted by molar-refractivity contribution is -0.608. The summed E-state index contributed by atoms with van der Waals surface area (Å²) >= 11 is 0. The highest BCUT2D eigenvalue weighted by molar-refractivity contribution is 5.49. The van der Waals surface area contributed by atoms with Crippen molar-refractivity contribution in [3.05, 3.63) is 30.0 Å². The van der Waals surface area contributed by atoms with Gasteiger partial charge in [-0.25, -0.2) is 4.73 Å². The van der Waals surface area contributed by atoms with Crippen LogP contribution in [0.25, 0.3) is 11.4 Å². The third kappa shape index (κ3) is 1.09. The zero-order valence-electron chi connectivity index (χ0n) is 6.01. The standard InChI is InChI=1S/C6H5N5O/c12-11-2-1-5(7-4-11)6-3-8-10-9-6/h1-4H,(H,8,9,10). The summed E-state index contributed by atoms with van der Waals surface area (Å²) in [5.74, 6) is 0. The molecule has 6 heteroatoms. The van der Waals surface area contributed by atoms with Crippen LogP contribution in [0.4, 0.5) is 0 Å². The fraction of sp³-hybridized carbons (Fsp3) is 0. The van der Waals surface area contributed by atoms with Gasteiger partial charge >= 0.3 is 0 Å². The Bertz CT molecular complexity index is 354. The van der Waals surface area contributed by atoms with Crippen molar-refractivity contribution in [2.75, 3.05) is 0 Å². The lowest BCUT2D eigenvalue weighted by atomic mass is 10.3. The number of hydrogen-bond acceptors (Lipinski definition) is 4. The van der Waals surface area contributed by atoms with E-state index in [0.29, 0.717) is 16.1 Å². The normalized spacial score (nSPS) is 10.0. The predicted molar refractivity (Wildman–Crippen MR) is 38.6 cm³/mol. The topological polar surface area (TPSA) is 81.4 Å². The largest absolute Gasteiger partial charge is 0.711 e. The second-order valence-electron chi connectivity index (χ2n) is 2.16. The maximum Gasteiger partial charge on any atom is 0.289 e. The minimum absolute atomic E-state index is 0.615. The molecule has 2 rings (SSSR count). The zero-order chi connectivity index (χ0) is 8.39. The van der Waals surface area contributed by atoms with E-state index in [4.69, 9.17) is 0 Å². The van der Waals surface area contributed by atoms with Crippen molar-refractivity contribution >= 4 is 0 Å². The molecule has 2 aromatic rings. The Morgan fingerprint density at radius 3 is 2.92 bits per heavy atom. The number of nitrogens with one attached hydrogen (secondary N) is 1. The molecule has 0 amide bonds. The highest BCUT2D eigenvalue weighted by Crippen LogP contribution is 2.07. The average molecular weight is 163 g/mol. The Labute approximate surface area is 67.5 Å². The first-order chi connectivity index (χ1) is 5.86. The molecule has 0 spiro atoms. The van der Waals surface area contributed by atoms with E-state index in [2.05, 4.69) is 20.4 Å². The molecule has 12 heavy (non-hydrogen) atoms. The summed E-state index contributed by atoms with van der Waals surface area (Å²) in [4.78, 5) is 3.85. The Kier molecular flexibility index (Phi) is 1.44. The van der Waals surface area contributed by atoms with E-state index < -0.39 is 0 Å². The van der Waals surface area contributed by atoms with Crippen LogP contribution < -0.4 is 4.73 Å². The molecule has 2 heterocycles. The van der Waals surface area contributed by atoms with Crippen molar-refractivity contribution in [1.82, 2.24) is 20.4 Å². The van der Waals surface area contributed by atoms with Crippen molar-refractivity contribution in [3.63, 3.8) is 0 Å². The second kappa shape index (κ2) is 2.57. The first-order valence-electron chi connectivity index (χ1n) is 3.28. The molecule has 0 atom stereocenters. The Balaban J connectivity index is 2.43. The summed E-state index contributed by atoms with van der Waals surface area (Å²) < 4.78 is 0.615. The van der Waals surface area contributed by atoms with E-state index in [1.165, 1.54) is 12.5 Å². The van der Waals surface area contributed by atoms with Crippen LogP contribution >= 0.6 is 0 Å². The molecule has 6 nitrogen and oxygen atoms in total. The summed E-state index contributed by atoms with van der Waals surface area (Å²) in [6.07, 6.45) is 4.14. The lowest BCUT2D eigenvalue weighted by Crippen LogP contribution is -2.24. The van der Waals surface area contributed by atoms with Crippen LogP contribution in [0, 0.1) is 5.21 Å². The van der Waals surface area contributed by atoms with Crippen molar-refractivity contribution in [1.29, 1.82) is 0 Å². The van der Waals surface area contributed by atoms with E-state index in [9.17, 15) is 5.21 Å². The minimum Gasteiger partial charge on any atom is -0.711 e.